The van der Waals surface area contributed by atoms with E-state index in [1.165, 1.54) is 41.0 Å². The zero-order chi connectivity index (χ0) is 26.5. The molecular formula is C24H20FN7O5. The van der Waals surface area contributed by atoms with Gasteiger partial charge in [-0.2, -0.15) is 5.10 Å². The molecule has 0 radical (unpaired) electrons. The third kappa shape index (κ3) is 5.51. The average Bonchev–Trinajstić information content (AvgIpc) is 3.35. The summed E-state index contributed by atoms with van der Waals surface area (Å²) in [7, 11) is 0. The van der Waals surface area contributed by atoms with Crippen molar-refractivity contribution in [1.29, 1.82) is 0 Å². The SMILES string of the molecule is NC(=O)c1ccc(CNC(=O)c2cc(C(=O)NCc3ccc(OC=O)c(N)c3)nc3ccnn23)cc1F. The number of fused-ring (bicyclic) bond motifs is 1. The summed E-state index contributed by atoms with van der Waals surface area (Å²) in [6.45, 7) is 0.286. The number of amides is 3. The van der Waals surface area contributed by atoms with Crippen molar-refractivity contribution in [1.82, 2.24) is 25.2 Å². The van der Waals surface area contributed by atoms with E-state index < -0.39 is 23.5 Å². The number of nitrogens with one attached hydrogen (secondary N) is 2. The molecule has 0 aliphatic carbocycles. The quantitative estimate of drug-likeness (QED) is 0.191. The molecule has 2 aromatic carbocycles. The number of nitrogen functional groups attached to an aromatic ring is 1. The van der Waals surface area contributed by atoms with E-state index in [2.05, 4.69) is 20.7 Å². The molecule has 0 saturated carbocycles. The fraction of sp³-hybridized carbons (Fsp3) is 0.0833. The number of rotatable bonds is 9. The Labute approximate surface area is 208 Å². The molecule has 2 aromatic heterocycles. The molecule has 0 atom stereocenters. The van der Waals surface area contributed by atoms with Gasteiger partial charge in [-0.25, -0.2) is 13.9 Å². The Kier molecular flexibility index (Phi) is 7.04. The van der Waals surface area contributed by atoms with E-state index in [4.69, 9.17) is 16.2 Å². The first-order valence-electron chi connectivity index (χ1n) is 10.7. The van der Waals surface area contributed by atoms with E-state index in [0.717, 1.165) is 6.07 Å². The summed E-state index contributed by atoms with van der Waals surface area (Å²) in [6.07, 6.45) is 1.42. The highest BCUT2D eigenvalue weighted by Gasteiger charge is 2.18. The van der Waals surface area contributed by atoms with E-state index in [-0.39, 0.29) is 53.6 Å². The highest BCUT2D eigenvalue weighted by Crippen LogP contribution is 2.22. The Morgan fingerprint density at radius 3 is 2.38 bits per heavy atom. The fourth-order valence-corrected chi connectivity index (χ4v) is 3.47. The van der Waals surface area contributed by atoms with Crippen LogP contribution in [0.4, 0.5) is 10.1 Å². The van der Waals surface area contributed by atoms with Crippen LogP contribution in [0.2, 0.25) is 0 Å². The summed E-state index contributed by atoms with van der Waals surface area (Å²) in [5.41, 5.74) is 12.2. The zero-order valence-electron chi connectivity index (χ0n) is 19.1. The minimum Gasteiger partial charge on any atom is -0.427 e. The predicted molar refractivity (Wildman–Crippen MR) is 128 cm³/mol. The van der Waals surface area contributed by atoms with Crippen LogP contribution in [0.5, 0.6) is 5.75 Å². The van der Waals surface area contributed by atoms with E-state index in [1.807, 2.05) is 0 Å². The molecule has 4 aromatic rings. The van der Waals surface area contributed by atoms with Crippen LogP contribution in [-0.2, 0) is 17.9 Å². The largest absolute Gasteiger partial charge is 0.427 e. The Hall–Kier alpha value is -5.33. The molecule has 4 rings (SSSR count). The first-order chi connectivity index (χ1) is 17.8. The van der Waals surface area contributed by atoms with Crippen LogP contribution in [0.15, 0.2) is 54.7 Å². The van der Waals surface area contributed by atoms with E-state index in [1.54, 1.807) is 12.1 Å². The lowest BCUT2D eigenvalue weighted by Crippen LogP contribution is -2.28. The summed E-state index contributed by atoms with van der Waals surface area (Å²) < 4.78 is 20.0. The standard InChI is InChI=1S/C24H20FN7O5/c25-16-7-13(1-3-15(16)22(27)34)10-29-24(36)19-9-18(31-21-5-6-30-32(19)21)23(35)28-11-14-2-4-20(37-12-33)17(26)8-14/h1-9,12H,10-11,26H2,(H2,27,34)(H,28,35)(H,29,36). The van der Waals surface area contributed by atoms with Crippen LogP contribution < -0.4 is 26.8 Å². The summed E-state index contributed by atoms with van der Waals surface area (Å²) in [6, 6.07) is 11.3. The summed E-state index contributed by atoms with van der Waals surface area (Å²) in [4.78, 5) is 51.6. The van der Waals surface area contributed by atoms with E-state index in [0.29, 0.717) is 11.1 Å². The highest BCUT2D eigenvalue weighted by molar-refractivity contribution is 5.98. The third-order valence-electron chi connectivity index (χ3n) is 5.28. The van der Waals surface area contributed by atoms with Gasteiger partial charge in [0.15, 0.2) is 11.4 Å². The second kappa shape index (κ2) is 10.5. The number of anilines is 1. The molecule has 12 nitrogen and oxygen atoms in total. The average molecular weight is 505 g/mol. The maximum atomic E-state index is 14.0. The summed E-state index contributed by atoms with van der Waals surface area (Å²) >= 11 is 0. The van der Waals surface area contributed by atoms with E-state index >= 15 is 0 Å². The van der Waals surface area contributed by atoms with Crippen molar-refractivity contribution in [3.8, 4) is 5.75 Å². The number of carbonyl (C=O) groups excluding carboxylic acids is 4. The first kappa shape index (κ1) is 24.8. The van der Waals surface area contributed by atoms with Crippen molar-refractivity contribution in [3.63, 3.8) is 0 Å². The van der Waals surface area contributed by atoms with E-state index in [9.17, 15) is 23.6 Å². The number of ether oxygens (including phenoxy) is 1. The second-order valence-electron chi connectivity index (χ2n) is 7.76. The Balaban J connectivity index is 1.48. The van der Waals surface area contributed by atoms with Crippen molar-refractivity contribution in [2.45, 2.75) is 13.1 Å². The van der Waals surface area contributed by atoms with Gasteiger partial charge in [0.2, 0.25) is 0 Å². The molecule has 2 heterocycles. The molecule has 0 bridgehead atoms. The van der Waals surface area contributed by atoms with Crippen LogP contribution >= 0.6 is 0 Å². The number of halogens is 1. The zero-order valence-corrected chi connectivity index (χ0v) is 19.1. The van der Waals surface area contributed by atoms with Crippen molar-refractivity contribution >= 4 is 35.5 Å². The number of hydrogen-bond donors (Lipinski definition) is 4. The number of carbonyl (C=O) groups is 4. The predicted octanol–water partition coefficient (Wildman–Crippen LogP) is 0.945. The van der Waals surface area contributed by atoms with Crippen LogP contribution in [-0.4, -0.2) is 38.8 Å². The molecule has 0 spiro atoms. The van der Waals surface area contributed by atoms with Gasteiger partial charge in [-0.1, -0.05) is 12.1 Å². The molecule has 13 heteroatoms. The summed E-state index contributed by atoms with van der Waals surface area (Å²) in [5.74, 6) is -2.66. The maximum Gasteiger partial charge on any atom is 0.298 e. The Morgan fingerprint density at radius 1 is 1.00 bits per heavy atom. The number of hydrogen-bond acceptors (Lipinski definition) is 8. The van der Waals surface area contributed by atoms with Crippen molar-refractivity contribution in [2.75, 3.05) is 5.73 Å². The summed E-state index contributed by atoms with van der Waals surface area (Å²) in [5, 5.41) is 9.38. The lowest BCUT2D eigenvalue weighted by molar-refractivity contribution is -0.120. The van der Waals surface area contributed by atoms with Gasteiger partial charge in [0.25, 0.3) is 24.2 Å². The molecule has 0 fully saturated rings. The number of primary amides is 1. The lowest BCUT2D eigenvalue weighted by atomic mass is 10.1. The van der Waals surface area contributed by atoms with Crippen molar-refractivity contribution in [3.05, 3.63) is 88.6 Å². The molecule has 0 unspecified atom stereocenters. The highest BCUT2D eigenvalue weighted by atomic mass is 19.1. The monoisotopic (exact) mass is 505 g/mol. The van der Waals surface area contributed by atoms with Crippen LogP contribution in [0.3, 0.4) is 0 Å². The lowest BCUT2D eigenvalue weighted by Gasteiger charge is -2.11. The van der Waals surface area contributed by atoms with Gasteiger partial charge in [0.05, 0.1) is 17.4 Å². The van der Waals surface area contributed by atoms with Crippen LogP contribution in [0.25, 0.3) is 5.65 Å². The van der Waals surface area contributed by atoms with Gasteiger partial charge in [-0.15, -0.1) is 0 Å². The Morgan fingerprint density at radius 2 is 1.70 bits per heavy atom. The molecule has 0 aliphatic heterocycles. The van der Waals surface area contributed by atoms with Gasteiger partial charge >= 0.3 is 0 Å². The molecule has 3 amide bonds. The van der Waals surface area contributed by atoms with Crippen molar-refractivity contribution < 1.29 is 28.3 Å². The minimum atomic E-state index is -0.899. The number of nitrogens with two attached hydrogens (primary N) is 2. The number of benzene rings is 2. The number of aromatic nitrogens is 3. The maximum absolute atomic E-state index is 14.0. The van der Waals surface area contributed by atoms with Gasteiger partial charge in [-0.3, -0.25) is 19.2 Å². The molecule has 37 heavy (non-hydrogen) atoms. The molecule has 0 saturated heterocycles. The molecule has 188 valence electrons. The Bertz CT molecular complexity index is 1540. The molecule has 6 N–H and O–H groups in total. The van der Waals surface area contributed by atoms with Crippen LogP contribution in [0, 0.1) is 5.82 Å². The van der Waals surface area contributed by atoms with Gasteiger partial charge in [0, 0.05) is 25.2 Å². The second-order valence-corrected chi connectivity index (χ2v) is 7.76. The minimum absolute atomic E-state index is 0.0222. The van der Waals surface area contributed by atoms with Gasteiger partial charge in [-0.05, 0) is 35.4 Å². The topological polar surface area (TPSA) is 184 Å². The smallest absolute Gasteiger partial charge is 0.298 e. The van der Waals surface area contributed by atoms with Gasteiger partial charge < -0.3 is 26.8 Å². The van der Waals surface area contributed by atoms with Crippen LogP contribution in [0.1, 0.15) is 42.5 Å². The third-order valence-corrected chi connectivity index (χ3v) is 5.28. The molecule has 0 aliphatic rings. The first-order valence-corrected chi connectivity index (χ1v) is 10.7. The fourth-order valence-electron chi connectivity index (χ4n) is 3.47. The number of nitrogens with zero attached hydrogens (tertiary/aromatic N) is 3. The normalized spacial score (nSPS) is 10.6. The van der Waals surface area contributed by atoms with Crippen molar-refractivity contribution in [2.24, 2.45) is 5.73 Å². The van der Waals surface area contributed by atoms with Gasteiger partial charge in [0.1, 0.15) is 17.2 Å². The molecular weight excluding hydrogens is 485 g/mol.